The molecule has 1 atom stereocenters. The summed E-state index contributed by atoms with van der Waals surface area (Å²) >= 11 is 4.85. The summed E-state index contributed by atoms with van der Waals surface area (Å²) in [5, 5.41) is 15.4. The third-order valence-electron chi connectivity index (χ3n) is 1.31. The van der Waals surface area contributed by atoms with E-state index >= 15 is 0 Å². The molecule has 1 unspecified atom stereocenters. The van der Waals surface area contributed by atoms with Crippen LogP contribution in [0.1, 0.15) is 19.8 Å². The molecule has 0 spiro atoms. The van der Waals surface area contributed by atoms with E-state index in [-0.39, 0.29) is 6.10 Å². The zero-order valence-corrected chi connectivity index (χ0v) is 7.87. The van der Waals surface area contributed by atoms with Crippen LogP contribution in [0.25, 0.3) is 0 Å². The Morgan fingerprint density at radius 3 is 2.73 bits per heavy atom. The molecule has 0 rings (SSSR count). The molecule has 3 N–H and O–H groups in total. The molecule has 0 aliphatic rings. The van der Waals surface area contributed by atoms with Gasteiger partial charge in [0.25, 0.3) is 0 Å². The van der Waals surface area contributed by atoms with E-state index in [0.29, 0.717) is 5.11 Å². The van der Waals surface area contributed by atoms with Crippen LogP contribution in [0.5, 0.6) is 0 Å². The van der Waals surface area contributed by atoms with Gasteiger partial charge in [-0.2, -0.15) is 0 Å². The summed E-state index contributed by atoms with van der Waals surface area (Å²) in [5.41, 5.74) is 0. The van der Waals surface area contributed by atoms with Crippen LogP contribution in [0, 0.1) is 0 Å². The fourth-order valence-electron chi connectivity index (χ4n) is 0.688. The van der Waals surface area contributed by atoms with E-state index in [4.69, 9.17) is 17.3 Å². The van der Waals surface area contributed by atoms with E-state index < -0.39 is 0 Å². The van der Waals surface area contributed by atoms with Crippen molar-refractivity contribution in [1.29, 1.82) is 0 Å². The zero-order valence-electron chi connectivity index (χ0n) is 7.05. The minimum atomic E-state index is -0.208. The SMILES string of the molecule is CNC(=S)NCCCC(C)O. The first-order valence-corrected chi connectivity index (χ1v) is 4.21. The lowest BCUT2D eigenvalue weighted by molar-refractivity contribution is 0.182. The molecule has 0 aromatic rings. The Hall–Kier alpha value is -0.350. The van der Waals surface area contributed by atoms with E-state index in [1.54, 1.807) is 14.0 Å². The van der Waals surface area contributed by atoms with Crippen molar-refractivity contribution < 1.29 is 5.11 Å². The van der Waals surface area contributed by atoms with Crippen molar-refractivity contribution in [2.24, 2.45) is 0 Å². The molecule has 3 nitrogen and oxygen atoms in total. The monoisotopic (exact) mass is 176 g/mol. The van der Waals surface area contributed by atoms with Gasteiger partial charge in [0, 0.05) is 13.6 Å². The standard InChI is InChI=1S/C7H16N2OS/c1-6(10)4-3-5-9-7(11)8-2/h6,10H,3-5H2,1-2H3,(H2,8,9,11). The number of rotatable bonds is 4. The highest BCUT2D eigenvalue weighted by molar-refractivity contribution is 7.80. The minimum Gasteiger partial charge on any atom is -0.393 e. The van der Waals surface area contributed by atoms with Crippen molar-refractivity contribution in [3.05, 3.63) is 0 Å². The first-order valence-electron chi connectivity index (χ1n) is 3.80. The van der Waals surface area contributed by atoms with Crippen LogP contribution < -0.4 is 10.6 Å². The molecule has 0 saturated carbocycles. The van der Waals surface area contributed by atoms with Gasteiger partial charge in [-0.25, -0.2) is 0 Å². The fraction of sp³-hybridized carbons (Fsp3) is 0.857. The summed E-state index contributed by atoms with van der Waals surface area (Å²) in [7, 11) is 1.78. The summed E-state index contributed by atoms with van der Waals surface area (Å²) in [6.07, 6.45) is 1.55. The van der Waals surface area contributed by atoms with Crippen LogP contribution >= 0.6 is 12.2 Å². The molecular formula is C7H16N2OS. The van der Waals surface area contributed by atoms with Gasteiger partial charge in [-0.3, -0.25) is 0 Å². The Bertz CT molecular complexity index is 117. The average molecular weight is 176 g/mol. The summed E-state index contributed by atoms with van der Waals surface area (Å²) < 4.78 is 0. The first-order chi connectivity index (χ1) is 5.16. The van der Waals surface area contributed by atoms with E-state index in [0.717, 1.165) is 19.4 Å². The predicted molar refractivity (Wildman–Crippen MR) is 50.6 cm³/mol. The Balaban J connectivity index is 3.08. The third kappa shape index (κ3) is 7.55. The number of hydrogen-bond donors (Lipinski definition) is 3. The molecule has 4 heteroatoms. The van der Waals surface area contributed by atoms with Crippen LogP contribution in [0.15, 0.2) is 0 Å². The highest BCUT2D eigenvalue weighted by Crippen LogP contribution is 1.92. The molecule has 0 amide bonds. The van der Waals surface area contributed by atoms with Crippen molar-refractivity contribution in [3.63, 3.8) is 0 Å². The van der Waals surface area contributed by atoms with Gasteiger partial charge < -0.3 is 15.7 Å². The summed E-state index contributed by atoms with van der Waals surface area (Å²) in [4.78, 5) is 0. The molecule has 0 aliphatic heterocycles. The number of nitrogens with one attached hydrogen (secondary N) is 2. The van der Waals surface area contributed by atoms with Gasteiger partial charge in [0.1, 0.15) is 0 Å². The lowest BCUT2D eigenvalue weighted by Crippen LogP contribution is -2.33. The second kappa shape index (κ2) is 6.37. The molecule has 0 aliphatic carbocycles. The van der Waals surface area contributed by atoms with Crippen molar-refractivity contribution in [1.82, 2.24) is 10.6 Å². The Labute approximate surface area is 73.2 Å². The van der Waals surface area contributed by atoms with Gasteiger partial charge >= 0.3 is 0 Å². The Morgan fingerprint density at radius 1 is 1.64 bits per heavy atom. The van der Waals surface area contributed by atoms with Crippen molar-refractivity contribution in [3.8, 4) is 0 Å². The highest BCUT2D eigenvalue weighted by atomic mass is 32.1. The maximum atomic E-state index is 8.90. The normalized spacial score (nSPS) is 12.3. The average Bonchev–Trinajstić information content (AvgIpc) is 1.97. The largest absolute Gasteiger partial charge is 0.393 e. The quantitative estimate of drug-likeness (QED) is 0.424. The molecular weight excluding hydrogens is 160 g/mol. The van der Waals surface area contributed by atoms with Crippen LogP contribution in [-0.2, 0) is 0 Å². The van der Waals surface area contributed by atoms with Crippen LogP contribution in [0.4, 0.5) is 0 Å². The Kier molecular flexibility index (Phi) is 6.16. The fourth-order valence-corrected chi connectivity index (χ4v) is 0.790. The van der Waals surface area contributed by atoms with Gasteiger partial charge in [0.15, 0.2) is 5.11 Å². The minimum absolute atomic E-state index is 0.208. The highest BCUT2D eigenvalue weighted by Gasteiger charge is 1.95. The predicted octanol–water partition coefficient (Wildman–Crippen LogP) is 0.241. The molecule has 0 saturated heterocycles. The van der Waals surface area contributed by atoms with Gasteiger partial charge in [-0.1, -0.05) is 0 Å². The molecule has 0 heterocycles. The summed E-state index contributed by atoms with van der Waals surface area (Å²) in [6.45, 7) is 2.61. The summed E-state index contributed by atoms with van der Waals surface area (Å²) in [6, 6.07) is 0. The van der Waals surface area contributed by atoms with E-state index in [1.807, 2.05) is 0 Å². The van der Waals surface area contributed by atoms with Crippen LogP contribution in [-0.4, -0.2) is 29.9 Å². The van der Waals surface area contributed by atoms with Crippen LogP contribution in [0.3, 0.4) is 0 Å². The first kappa shape index (κ1) is 10.7. The van der Waals surface area contributed by atoms with Crippen molar-refractivity contribution >= 4 is 17.3 Å². The molecule has 0 aromatic carbocycles. The lowest BCUT2D eigenvalue weighted by atomic mass is 10.2. The van der Waals surface area contributed by atoms with Gasteiger partial charge in [-0.05, 0) is 32.0 Å². The second-order valence-corrected chi connectivity index (χ2v) is 2.91. The zero-order chi connectivity index (χ0) is 8.69. The second-order valence-electron chi connectivity index (χ2n) is 2.50. The van der Waals surface area contributed by atoms with Gasteiger partial charge in [0.2, 0.25) is 0 Å². The van der Waals surface area contributed by atoms with Crippen molar-refractivity contribution in [2.45, 2.75) is 25.9 Å². The molecule has 66 valence electrons. The molecule has 11 heavy (non-hydrogen) atoms. The smallest absolute Gasteiger partial charge is 0.166 e. The van der Waals surface area contributed by atoms with Crippen LogP contribution in [0.2, 0.25) is 0 Å². The van der Waals surface area contributed by atoms with E-state index in [2.05, 4.69) is 10.6 Å². The number of thiocarbonyl (C=S) groups is 1. The van der Waals surface area contributed by atoms with Gasteiger partial charge in [0.05, 0.1) is 6.10 Å². The summed E-state index contributed by atoms with van der Waals surface area (Å²) in [5.74, 6) is 0. The number of aliphatic hydroxyl groups is 1. The van der Waals surface area contributed by atoms with E-state index in [9.17, 15) is 0 Å². The topological polar surface area (TPSA) is 44.3 Å². The molecule has 0 fully saturated rings. The number of aliphatic hydroxyl groups excluding tert-OH is 1. The maximum absolute atomic E-state index is 8.90. The third-order valence-corrected chi connectivity index (χ3v) is 1.66. The number of hydrogen-bond acceptors (Lipinski definition) is 2. The van der Waals surface area contributed by atoms with Crippen molar-refractivity contribution in [2.75, 3.05) is 13.6 Å². The lowest BCUT2D eigenvalue weighted by Gasteiger charge is -2.07. The maximum Gasteiger partial charge on any atom is 0.166 e. The molecule has 0 aromatic heterocycles. The van der Waals surface area contributed by atoms with E-state index in [1.165, 1.54) is 0 Å². The molecule has 0 radical (unpaired) electrons. The Morgan fingerprint density at radius 2 is 2.27 bits per heavy atom. The molecule has 0 bridgehead atoms. The van der Waals surface area contributed by atoms with Gasteiger partial charge in [-0.15, -0.1) is 0 Å².